The molecule has 1 saturated heterocycles. The van der Waals surface area contributed by atoms with Crippen LogP contribution < -0.4 is 5.32 Å². The van der Waals surface area contributed by atoms with E-state index >= 15 is 0 Å². The number of rotatable bonds is 5. The van der Waals surface area contributed by atoms with Crippen molar-refractivity contribution in [3.63, 3.8) is 0 Å². The second-order valence-corrected chi connectivity index (χ2v) is 6.46. The molecule has 6 nitrogen and oxygen atoms in total. The molecule has 0 unspecified atom stereocenters. The molecule has 8 heteroatoms. The van der Waals surface area contributed by atoms with Crippen LogP contribution in [0.2, 0.25) is 10.0 Å². The molecular formula is C16H14Cl2N4O2. The Morgan fingerprint density at radius 1 is 1.33 bits per heavy atom. The first-order valence-electron chi connectivity index (χ1n) is 7.19. The number of imide groups is 1. The molecule has 1 aromatic carbocycles. The Morgan fingerprint density at radius 2 is 2.04 bits per heavy atom. The van der Waals surface area contributed by atoms with Gasteiger partial charge in [-0.15, -0.1) is 0 Å². The number of carbonyl (C=O) groups is 2. The average Bonchev–Trinajstić information content (AvgIpc) is 2.74. The zero-order valence-corrected chi connectivity index (χ0v) is 14.4. The maximum absolute atomic E-state index is 12.8. The molecule has 1 fully saturated rings. The van der Waals surface area contributed by atoms with Gasteiger partial charge >= 0.3 is 6.03 Å². The highest BCUT2D eigenvalue weighted by Gasteiger charge is 2.50. The van der Waals surface area contributed by atoms with Gasteiger partial charge in [0.25, 0.3) is 5.91 Å². The predicted molar refractivity (Wildman–Crippen MR) is 88.0 cm³/mol. The Hall–Kier alpha value is -2.28. The van der Waals surface area contributed by atoms with Crippen molar-refractivity contribution >= 4 is 35.1 Å². The summed E-state index contributed by atoms with van der Waals surface area (Å²) >= 11 is 12.0. The average molecular weight is 365 g/mol. The number of nitriles is 2. The fraction of sp³-hybridized carbons (Fsp3) is 0.375. The fourth-order valence-electron chi connectivity index (χ4n) is 2.60. The van der Waals surface area contributed by atoms with Crippen LogP contribution >= 0.6 is 23.2 Å². The first-order chi connectivity index (χ1) is 11.3. The van der Waals surface area contributed by atoms with E-state index in [0.29, 0.717) is 17.0 Å². The van der Waals surface area contributed by atoms with Crippen molar-refractivity contribution in [3.8, 4) is 12.1 Å². The van der Waals surface area contributed by atoms with Crippen LogP contribution in [0.5, 0.6) is 0 Å². The van der Waals surface area contributed by atoms with Gasteiger partial charge < -0.3 is 5.32 Å². The summed E-state index contributed by atoms with van der Waals surface area (Å²) < 4.78 is 0. The van der Waals surface area contributed by atoms with Gasteiger partial charge in [-0.1, -0.05) is 29.3 Å². The molecule has 0 spiro atoms. The van der Waals surface area contributed by atoms with E-state index in [-0.39, 0.29) is 18.0 Å². The predicted octanol–water partition coefficient (Wildman–Crippen LogP) is 3.20. The number of urea groups is 1. The summed E-state index contributed by atoms with van der Waals surface area (Å²) in [6.07, 6.45) is 0.477. The first kappa shape index (κ1) is 18.1. The largest absolute Gasteiger partial charge is 0.325 e. The highest BCUT2D eigenvalue weighted by Crippen LogP contribution is 2.35. The molecule has 0 bridgehead atoms. The number of nitrogens with one attached hydrogen (secondary N) is 1. The smallest absolute Gasteiger partial charge is 0.319 e. The first-order valence-corrected chi connectivity index (χ1v) is 7.95. The fourth-order valence-corrected chi connectivity index (χ4v) is 3.19. The zero-order chi connectivity index (χ0) is 17.9. The van der Waals surface area contributed by atoms with Gasteiger partial charge in [0.2, 0.25) is 0 Å². The second kappa shape index (κ2) is 7.09. The number of benzene rings is 1. The Balaban J connectivity index is 2.28. The van der Waals surface area contributed by atoms with Gasteiger partial charge in [-0.05, 0) is 25.5 Å². The Labute approximate surface area is 149 Å². The number of carbonyl (C=O) groups excluding carboxylic acids is 2. The third-order valence-electron chi connectivity index (χ3n) is 3.93. The molecule has 1 aromatic rings. The normalized spacial score (nSPS) is 21.1. The van der Waals surface area contributed by atoms with Crippen molar-refractivity contribution in [1.82, 2.24) is 10.2 Å². The van der Waals surface area contributed by atoms with Crippen LogP contribution in [-0.4, -0.2) is 23.4 Å². The van der Waals surface area contributed by atoms with Crippen LogP contribution in [0.25, 0.3) is 0 Å². The highest BCUT2D eigenvalue weighted by molar-refractivity contribution is 6.35. The number of hydrogen-bond acceptors (Lipinski definition) is 4. The van der Waals surface area contributed by atoms with E-state index in [2.05, 4.69) is 5.32 Å². The molecule has 1 heterocycles. The summed E-state index contributed by atoms with van der Waals surface area (Å²) in [5.41, 5.74) is -0.895. The second-order valence-electron chi connectivity index (χ2n) is 5.62. The third kappa shape index (κ3) is 3.31. The topological polar surface area (TPSA) is 97.0 Å². The van der Waals surface area contributed by atoms with Crippen LogP contribution in [0.4, 0.5) is 4.79 Å². The molecule has 1 aliphatic heterocycles. The number of hydrogen-bond donors (Lipinski definition) is 1. The van der Waals surface area contributed by atoms with Gasteiger partial charge in [-0.3, -0.25) is 9.69 Å². The molecule has 0 saturated carbocycles. The molecule has 1 N–H and O–H groups in total. The van der Waals surface area contributed by atoms with E-state index in [1.165, 1.54) is 6.07 Å². The lowest BCUT2D eigenvalue weighted by Gasteiger charge is -2.24. The molecule has 2 atom stereocenters. The van der Waals surface area contributed by atoms with Gasteiger partial charge in [0, 0.05) is 28.6 Å². The van der Waals surface area contributed by atoms with Crippen molar-refractivity contribution < 1.29 is 9.59 Å². The van der Waals surface area contributed by atoms with Crippen molar-refractivity contribution in [1.29, 1.82) is 10.5 Å². The summed E-state index contributed by atoms with van der Waals surface area (Å²) in [6, 6.07) is 8.05. The van der Waals surface area contributed by atoms with E-state index in [1.54, 1.807) is 19.1 Å². The van der Waals surface area contributed by atoms with Crippen molar-refractivity contribution in [2.45, 2.75) is 25.3 Å². The van der Waals surface area contributed by atoms with Gasteiger partial charge in [0.15, 0.2) is 0 Å². The minimum absolute atomic E-state index is 0.0658. The lowest BCUT2D eigenvalue weighted by molar-refractivity contribution is -0.131. The van der Waals surface area contributed by atoms with Gasteiger partial charge in [0.1, 0.15) is 5.54 Å². The molecule has 124 valence electrons. The van der Waals surface area contributed by atoms with Gasteiger partial charge in [-0.2, -0.15) is 10.5 Å². The van der Waals surface area contributed by atoms with Gasteiger partial charge in [-0.25, -0.2) is 4.79 Å². The number of nitrogens with zero attached hydrogens (tertiary/aromatic N) is 3. The van der Waals surface area contributed by atoms with Crippen LogP contribution in [-0.2, 0) is 10.3 Å². The standard InChI is InChI=1S/C16H14Cl2N4O2/c1-16(12-5-4-11(17)7-13(12)18)14(23)22(15(24)21-16)9-10(8-20)3-2-6-19/h4-5,7,10H,2-3,9H2,1H3,(H,21,24)/t10-,16+/m0/s1. The van der Waals surface area contributed by atoms with Crippen molar-refractivity contribution in [3.05, 3.63) is 33.8 Å². The Bertz CT molecular complexity index is 768. The maximum atomic E-state index is 12.8. The van der Waals surface area contributed by atoms with Crippen LogP contribution in [0.3, 0.4) is 0 Å². The molecular weight excluding hydrogens is 351 g/mol. The maximum Gasteiger partial charge on any atom is 0.325 e. The summed E-state index contributed by atoms with van der Waals surface area (Å²) in [5, 5.41) is 21.1. The van der Waals surface area contributed by atoms with Crippen molar-refractivity contribution in [2.24, 2.45) is 5.92 Å². The van der Waals surface area contributed by atoms with Crippen molar-refractivity contribution in [2.75, 3.05) is 6.54 Å². The molecule has 0 aliphatic carbocycles. The Morgan fingerprint density at radius 3 is 2.62 bits per heavy atom. The minimum Gasteiger partial charge on any atom is -0.319 e. The molecule has 0 aromatic heterocycles. The number of amides is 3. The number of halogens is 2. The lowest BCUT2D eigenvalue weighted by atomic mass is 9.91. The van der Waals surface area contributed by atoms with E-state index in [0.717, 1.165) is 4.90 Å². The van der Waals surface area contributed by atoms with Crippen LogP contribution in [0.1, 0.15) is 25.3 Å². The summed E-state index contributed by atoms with van der Waals surface area (Å²) in [7, 11) is 0. The zero-order valence-electron chi connectivity index (χ0n) is 12.8. The lowest BCUT2D eigenvalue weighted by Crippen LogP contribution is -2.41. The van der Waals surface area contributed by atoms with E-state index < -0.39 is 23.4 Å². The third-order valence-corrected chi connectivity index (χ3v) is 4.48. The summed E-state index contributed by atoms with van der Waals surface area (Å²) in [4.78, 5) is 26.0. The minimum atomic E-state index is -1.33. The summed E-state index contributed by atoms with van der Waals surface area (Å²) in [6.45, 7) is 1.49. The van der Waals surface area contributed by atoms with Crippen LogP contribution in [0, 0.1) is 28.6 Å². The molecule has 2 rings (SSSR count). The molecule has 3 amide bonds. The monoisotopic (exact) mass is 364 g/mol. The Kier molecular flexibility index (Phi) is 5.33. The van der Waals surface area contributed by atoms with E-state index in [4.69, 9.17) is 33.7 Å². The molecule has 1 aliphatic rings. The quantitative estimate of drug-likeness (QED) is 0.811. The highest BCUT2D eigenvalue weighted by atomic mass is 35.5. The van der Waals surface area contributed by atoms with Crippen LogP contribution in [0.15, 0.2) is 18.2 Å². The van der Waals surface area contributed by atoms with Gasteiger partial charge in [0.05, 0.1) is 18.1 Å². The van der Waals surface area contributed by atoms with E-state index in [9.17, 15) is 9.59 Å². The SMILES string of the molecule is C[C@]1(c2ccc(Cl)cc2Cl)NC(=O)N(C[C@H](C#N)CCC#N)C1=O. The van der Waals surface area contributed by atoms with E-state index in [1.807, 2.05) is 12.1 Å². The molecule has 0 radical (unpaired) electrons. The molecule has 24 heavy (non-hydrogen) atoms. The summed E-state index contributed by atoms with van der Waals surface area (Å²) in [5.74, 6) is -1.09.